The van der Waals surface area contributed by atoms with Gasteiger partial charge in [-0.25, -0.2) is 4.79 Å². The van der Waals surface area contributed by atoms with E-state index in [-0.39, 0.29) is 11.6 Å². The number of urea groups is 1. The Morgan fingerprint density at radius 1 is 1.10 bits per heavy atom. The molecular weight excluding hydrogens is 284 g/mol. The van der Waals surface area contributed by atoms with Crippen LogP contribution < -0.4 is 10.6 Å². The van der Waals surface area contributed by atoms with Crippen LogP contribution in [0.15, 0.2) is 48.5 Å². The Labute approximate surface area is 129 Å². The highest BCUT2D eigenvalue weighted by atomic mass is 35.5. The van der Waals surface area contributed by atoms with Crippen LogP contribution >= 0.6 is 11.6 Å². The van der Waals surface area contributed by atoms with Crippen molar-refractivity contribution in [3.8, 4) is 0 Å². The summed E-state index contributed by atoms with van der Waals surface area (Å²) in [6, 6.07) is 15.4. The number of amides is 2. The Bertz CT molecular complexity index is 666. The minimum absolute atomic E-state index is 0.193. The number of hydrogen-bond donors (Lipinski definition) is 2. The van der Waals surface area contributed by atoms with E-state index in [1.54, 1.807) is 0 Å². The minimum atomic E-state index is -0.210. The molecule has 0 aromatic heterocycles. The third-order valence-corrected chi connectivity index (χ3v) is 4.35. The SMILES string of the molecule is Cc1c(Cl)cccc1NC(=O)NC1(c2ccccc2)CC1. The van der Waals surface area contributed by atoms with Crippen molar-refractivity contribution >= 4 is 23.3 Å². The second-order valence-corrected chi connectivity index (χ2v) is 5.85. The molecule has 2 aromatic carbocycles. The summed E-state index contributed by atoms with van der Waals surface area (Å²) in [5.74, 6) is 0. The van der Waals surface area contributed by atoms with Crippen LogP contribution in [0.3, 0.4) is 0 Å². The number of carbonyl (C=O) groups is 1. The molecule has 0 unspecified atom stereocenters. The Morgan fingerprint density at radius 2 is 1.81 bits per heavy atom. The number of rotatable bonds is 3. The Morgan fingerprint density at radius 3 is 2.48 bits per heavy atom. The number of nitrogens with one attached hydrogen (secondary N) is 2. The van der Waals surface area contributed by atoms with E-state index in [0.717, 1.165) is 29.7 Å². The summed E-state index contributed by atoms with van der Waals surface area (Å²) in [6.45, 7) is 1.89. The van der Waals surface area contributed by atoms with Crippen LogP contribution in [0.4, 0.5) is 10.5 Å². The number of anilines is 1. The van der Waals surface area contributed by atoms with Gasteiger partial charge in [0.25, 0.3) is 0 Å². The number of hydrogen-bond acceptors (Lipinski definition) is 1. The van der Waals surface area contributed by atoms with Crippen LogP contribution in [-0.2, 0) is 5.54 Å². The van der Waals surface area contributed by atoms with E-state index in [1.165, 1.54) is 0 Å². The second-order valence-electron chi connectivity index (χ2n) is 5.44. The smallest absolute Gasteiger partial charge is 0.319 e. The highest BCUT2D eigenvalue weighted by molar-refractivity contribution is 6.31. The summed E-state index contributed by atoms with van der Waals surface area (Å²) >= 11 is 6.07. The van der Waals surface area contributed by atoms with Crippen molar-refractivity contribution in [2.24, 2.45) is 0 Å². The third kappa shape index (κ3) is 2.88. The lowest BCUT2D eigenvalue weighted by atomic mass is 10.1. The van der Waals surface area contributed by atoms with Crippen molar-refractivity contribution in [2.45, 2.75) is 25.3 Å². The quantitative estimate of drug-likeness (QED) is 0.863. The van der Waals surface area contributed by atoms with Gasteiger partial charge in [0.15, 0.2) is 0 Å². The molecule has 0 aliphatic heterocycles. The Hall–Kier alpha value is -2.00. The molecule has 4 heteroatoms. The van der Waals surface area contributed by atoms with Gasteiger partial charge in [-0.05, 0) is 43.0 Å². The molecule has 3 rings (SSSR count). The molecule has 21 heavy (non-hydrogen) atoms. The zero-order valence-electron chi connectivity index (χ0n) is 11.8. The first-order chi connectivity index (χ1) is 10.1. The molecule has 0 bridgehead atoms. The number of carbonyl (C=O) groups excluding carboxylic acids is 1. The molecule has 108 valence electrons. The lowest BCUT2D eigenvalue weighted by Crippen LogP contribution is -2.38. The van der Waals surface area contributed by atoms with Gasteiger partial charge in [-0.15, -0.1) is 0 Å². The molecule has 0 atom stereocenters. The Balaban J connectivity index is 1.72. The summed E-state index contributed by atoms with van der Waals surface area (Å²) in [4.78, 5) is 12.2. The van der Waals surface area contributed by atoms with E-state index in [0.29, 0.717) is 5.02 Å². The molecule has 1 fully saturated rings. The van der Waals surface area contributed by atoms with Crippen molar-refractivity contribution in [1.82, 2.24) is 5.32 Å². The lowest BCUT2D eigenvalue weighted by molar-refractivity contribution is 0.247. The zero-order valence-corrected chi connectivity index (χ0v) is 12.6. The van der Waals surface area contributed by atoms with Crippen molar-refractivity contribution in [3.63, 3.8) is 0 Å². The average Bonchev–Trinajstić information content (AvgIpc) is 3.26. The molecule has 2 aromatic rings. The highest BCUT2D eigenvalue weighted by Gasteiger charge is 2.45. The molecule has 1 aliphatic rings. The zero-order chi connectivity index (χ0) is 14.9. The maximum absolute atomic E-state index is 12.2. The van der Waals surface area contributed by atoms with Crippen LogP contribution in [0.5, 0.6) is 0 Å². The lowest BCUT2D eigenvalue weighted by Gasteiger charge is -2.19. The summed E-state index contributed by atoms with van der Waals surface area (Å²) in [6.07, 6.45) is 1.94. The van der Waals surface area contributed by atoms with Crippen molar-refractivity contribution in [3.05, 3.63) is 64.7 Å². The van der Waals surface area contributed by atoms with Crippen molar-refractivity contribution in [2.75, 3.05) is 5.32 Å². The van der Waals surface area contributed by atoms with E-state index in [1.807, 2.05) is 43.3 Å². The summed E-state index contributed by atoms with van der Waals surface area (Å²) in [5.41, 5.74) is 2.56. The molecule has 1 saturated carbocycles. The van der Waals surface area contributed by atoms with Gasteiger partial charge in [-0.2, -0.15) is 0 Å². The molecule has 2 amide bonds. The van der Waals surface area contributed by atoms with Gasteiger partial charge in [0.1, 0.15) is 0 Å². The highest BCUT2D eigenvalue weighted by Crippen LogP contribution is 2.45. The summed E-state index contributed by atoms with van der Waals surface area (Å²) in [5, 5.41) is 6.62. The molecule has 1 aliphatic carbocycles. The minimum Gasteiger partial charge on any atom is -0.328 e. The molecular formula is C17H17ClN2O. The third-order valence-electron chi connectivity index (χ3n) is 3.95. The van der Waals surface area contributed by atoms with E-state index >= 15 is 0 Å². The maximum Gasteiger partial charge on any atom is 0.319 e. The average molecular weight is 301 g/mol. The number of benzene rings is 2. The molecule has 0 heterocycles. The molecule has 0 radical (unpaired) electrons. The summed E-state index contributed by atoms with van der Waals surface area (Å²) < 4.78 is 0. The maximum atomic E-state index is 12.2. The van der Waals surface area contributed by atoms with E-state index in [4.69, 9.17) is 11.6 Å². The normalized spacial score (nSPS) is 15.3. The topological polar surface area (TPSA) is 41.1 Å². The molecule has 0 saturated heterocycles. The van der Waals surface area contributed by atoms with E-state index in [9.17, 15) is 4.79 Å². The first kappa shape index (κ1) is 14.0. The van der Waals surface area contributed by atoms with Crippen LogP contribution in [0.2, 0.25) is 5.02 Å². The van der Waals surface area contributed by atoms with Crippen LogP contribution in [0.1, 0.15) is 24.0 Å². The van der Waals surface area contributed by atoms with Gasteiger partial charge in [-0.1, -0.05) is 48.0 Å². The molecule has 3 nitrogen and oxygen atoms in total. The largest absolute Gasteiger partial charge is 0.328 e. The van der Waals surface area contributed by atoms with Crippen LogP contribution in [-0.4, -0.2) is 6.03 Å². The molecule has 2 N–H and O–H groups in total. The van der Waals surface area contributed by atoms with Crippen molar-refractivity contribution in [1.29, 1.82) is 0 Å². The van der Waals surface area contributed by atoms with Gasteiger partial charge in [0.2, 0.25) is 0 Å². The van der Waals surface area contributed by atoms with E-state index < -0.39 is 0 Å². The monoisotopic (exact) mass is 300 g/mol. The fourth-order valence-electron chi connectivity index (χ4n) is 2.48. The second kappa shape index (κ2) is 5.41. The predicted octanol–water partition coefficient (Wildman–Crippen LogP) is 4.46. The van der Waals surface area contributed by atoms with Crippen molar-refractivity contribution < 1.29 is 4.79 Å². The standard InChI is InChI=1S/C17H17ClN2O/c1-12-14(18)8-5-9-15(12)19-16(21)20-17(10-11-17)13-6-3-2-4-7-13/h2-9H,10-11H2,1H3,(H2,19,20,21). The fraction of sp³-hybridized carbons (Fsp3) is 0.235. The molecule has 0 spiro atoms. The number of halogens is 1. The fourth-order valence-corrected chi connectivity index (χ4v) is 2.66. The van der Waals surface area contributed by atoms with Gasteiger partial charge in [0.05, 0.1) is 5.54 Å². The van der Waals surface area contributed by atoms with Crippen LogP contribution in [0, 0.1) is 6.92 Å². The Kier molecular flexibility index (Phi) is 3.60. The van der Waals surface area contributed by atoms with Crippen LogP contribution in [0.25, 0.3) is 0 Å². The van der Waals surface area contributed by atoms with Gasteiger partial charge in [-0.3, -0.25) is 0 Å². The predicted molar refractivity (Wildman–Crippen MR) is 85.7 cm³/mol. The first-order valence-corrected chi connectivity index (χ1v) is 7.38. The summed E-state index contributed by atoms with van der Waals surface area (Å²) in [7, 11) is 0. The van der Waals surface area contributed by atoms with E-state index in [2.05, 4.69) is 22.8 Å². The first-order valence-electron chi connectivity index (χ1n) is 7.00. The van der Waals surface area contributed by atoms with Gasteiger partial charge >= 0.3 is 6.03 Å². The van der Waals surface area contributed by atoms with Gasteiger partial charge < -0.3 is 10.6 Å². The van der Waals surface area contributed by atoms with Gasteiger partial charge in [0, 0.05) is 10.7 Å².